The van der Waals surface area contributed by atoms with E-state index in [0.29, 0.717) is 0 Å². The summed E-state index contributed by atoms with van der Waals surface area (Å²) in [4.78, 5) is 14.4. The van der Waals surface area contributed by atoms with Crippen LogP contribution in [0.3, 0.4) is 0 Å². The van der Waals surface area contributed by atoms with Gasteiger partial charge in [0, 0.05) is 12.5 Å². The van der Waals surface area contributed by atoms with E-state index in [-0.39, 0.29) is 11.8 Å². The quantitative estimate of drug-likeness (QED) is 0.816. The van der Waals surface area contributed by atoms with Crippen LogP contribution in [0.5, 0.6) is 5.75 Å². The van der Waals surface area contributed by atoms with E-state index in [9.17, 15) is 4.79 Å². The third kappa shape index (κ3) is 4.74. The van der Waals surface area contributed by atoms with E-state index >= 15 is 0 Å². The Balaban J connectivity index is 1.68. The molecule has 21 heavy (non-hydrogen) atoms. The SMILES string of the molecule is COc1ccccc1CCCNC(=O)C1CCN(C)CC1. The molecular formula is C17H26N2O2. The average Bonchev–Trinajstić information content (AvgIpc) is 2.52. The number of nitrogens with one attached hydrogen (secondary N) is 1. The van der Waals surface area contributed by atoms with E-state index in [0.717, 1.165) is 51.1 Å². The normalized spacial score (nSPS) is 16.7. The van der Waals surface area contributed by atoms with E-state index in [4.69, 9.17) is 4.74 Å². The molecule has 1 aromatic carbocycles. The van der Waals surface area contributed by atoms with Crippen LogP contribution in [0.15, 0.2) is 24.3 Å². The number of ether oxygens (including phenoxy) is 1. The Morgan fingerprint density at radius 2 is 2.05 bits per heavy atom. The van der Waals surface area contributed by atoms with Crippen LogP contribution >= 0.6 is 0 Å². The molecule has 1 saturated heterocycles. The summed E-state index contributed by atoms with van der Waals surface area (Å²) >= 11 is 0. The molecule has 1 fully saturated rings. The molecule has 0 bridgehead atoms. The molecule has 0 radical (unpaired) electrons. The zero-order valence-electron chi connectivity index (χ0n) is 13.1. The molecule has 0 spiro atoms. The first-order valence-corrected chi connectivity index (χ1v) is 7.79. The van der Waals surface area contributed by atoms with Gasteiger partial charge < -0.3 is 15.0 Å². The Morgan fingerprint density at radius 3 is 2.76 bits per heavy atom. The number of likely N-dealkylation sites (tertiary alicyclic amines) is 1. The fraction of sp³-hybridized carbons (Fsp3) is 0.588. The van der Waals surface area contributed by atoms with Crippen LogP contribution in [0.2, 0.25) is 0 Å². The van der Waals surface area contributed by atoms with Gasteiger partial charge in [-0.15, -0.1) is 0 Å². The summed E-state index contributed by atoms with van der Waals surface area (Å²) in [7, 11) is 3.81. The summed E-state index contributed by atoms with van der Waals surface area (Å²) in [5, 5.41) is 3.08. The monoisotopic (exact) mass is 290 g/mol. The van der Waals surface area contributed by atoms with Crippen molar-refractivity contribution in [1.29, 1.82) is 0 Å². The average molecular weight is 290 g/mol. The standard InChI is InChI=1S/C17H26N2O2/c1-19-12-9-15(10-13-19)17(20)18-11-5-7-14-6-3-4-8-16(14)21-2/h3-4,6,8,15H,5,7,9-13H2,1-2H3,(H,18,20). The van der Waals surface area contributed by atoms with Crippen LogP contribution in [0.4, 0.5) is 0 Å². The molecule has 0 aliphatic carbocycles. The molecule has 0 aromatic heterocycles. The number of nitrogens with zero attached hydrogens (tertiary/aromatic N) is 1. The number of methoxy groups -OCH3 is 1. The van der Waals surface area contributed by atoms with E-state index in [1.807, 2.05) is 18.2 Å². The van der Waals surface area contributed by atoms with E-state index in [1.165, 1.54) is 5.56 Å². The summed E-state index contributed by atoms with van der Waals surface area (Å²) in [5.41, 5.74) is 1.20. The second kappa shape index (κ2) is 8.03. The predicted molar refractivity (Wildman–Crippen MR) is 84.5 cm³/mol. The van der Waals surface area contributed by atoms with Crippen molar-refractivity contribution in [2.45, 2.75) is 25.7 Å². The Labute approximate surface area is 127 Å². The van der Waals surface area contributed by atoms with Crippen LogP contribution < -0.4 is 10.1 Å². The first kappa shape index (κ1) is 15.8. The molecule has 116 valence electrons. The summed E-state index contributed by atoms with van der Waals surface area (Å²) in [6, 6.07) is 8.06. The van der Waals surface area contributed by atoms with Gasteiger partial charge in [-0.1, -0.05) is 18.2 Å². The third-order valence-corrected chi connectivity index (χ3v) is 4.20. The summed E-state index contributed by atoms with van der Waals surface area (Å²) in [6.07, 6.45) is 3.83. The first-order valence-electron chi connectivity index (χ1n) is 7.79. The Hall–Kier alpha value is -1.55. The van der Waals surface area contributed by atoms with Crippen molar-refractivity contribution in [1.82, 2.24) is 10.2 Å². The van der Waals surface area contributed by atoms with Crippen LogP contribution in [0.25, 0.3) is 0 Å². The van der Waals surface area contributed by atoms with Crippen LogP contribution in [-0.2, 0) is 11.2 Å². The van der Waals surface area contributed by atoms with Gasteiger partial charge in [0.1, 0.15) is 5.75 Å². The number of benzene rings is 1. The zero-order valence-corrected chi connectivity index (χ0v) is 13.1. The van der Waals surface area contributed by atoms with Crippen molar-refractivity contribution >= 4 is 5.91 Å². The Morgan fingerprint density at radius 1 is 1.33 bits per heavy atom. The fourth-order valence-corrected chi connectivity index (χ4v) is 2.82. The van der Waals surface area contributed by atoms with Gasteiger partial charge in [0.2, 0.25) is 5.91 Å². The lowest BCUT2D eigenvalue weighted by atomic mass is 9.96. The topological polar surface area (TPSA) is 41.6 Å². The highest BCUT2D eigenvalue weighted by atomic mass is 16.5. The lowest BCUT2D eigenvalue weighted by Crippen LogP contribution is -2.39. The van der Waals surface area contributed by atoms with Crippen molar-refractivity contribution in [3.8, 4) is 5.75 Å². The fourth-order valence-electron chi connectivity index (χ4n) is 2.82. The number of aryl methyl sites for hydroxylation is 1. The zero-order chi connectivity index (χ0) is 15.1. The van der Waals surface area contributed by atoms with E-state index < -0.39 is 0 Å². The number of hydrogen-bond acceptors (Lipinski definition) is 3. The molecule has 1 aromatic rings. The molecule has 0 saturated carbocycles. The van der Waals surface area contributed by atoms with Gasteiger partial charge in [-0.3, -0.25) is 4.79 Å². The first-order chi connectivity index (χ1) is 10.2. The second-order valence-electron chi connectivity index (χ2n) is 5.78. The number of carbonyl (C=O) groups is 1. The summed E-state index contributed by atoms with van der Waals surface area (Å²) in [6.45, 7) is 2.79. The van der Waals surface area contributed by atoms with Crippen molar-refractivity contribution < 1.29 is 9.53 Å². The molecular weight excluding hydrogens is 264 g/mol. The van der Waals surface area contributed by atoms with E-state index in [1.54, 1.807) is 7.11 Å². The minimum atomic E-state index is 0.201. The second-order valence-corrected chi connectivity index (χ2v) is 5.78. The lowest BCUT2D eigenvalue weighted by Gasteiger charge is -2.28. The minimum absolute atomic E-state index is 0.201. The van der Waals surface area contributed by atoms with Crippen LogP contribution in [-0.4, -0.2) is 44.6 Å². The summed E-state index contributed by atoms with van der Waals surface area (Å²) < 4.78 is 5.34. The third-order valence-electron chi connectivity index (χ3n) is 4.20. The Kier molecular flexibility index (Phi) is 6.05. The van der Waals surface area contributed by atoms with Crippen molar-refractivity contribution in [3.63, 3.8) is 0 Å². The van der Waals surface area contributed by atoms with Gasteiger partial charge in [-0.05, 0) is 57.5 Å². The largest absolute Gasteiger partial charge is 0.496 e. The number of hydrogen-bond donors (Lipinski definition) is 1. The number of carbonyl (C=O) groups excluding carboxylic acids is 1. The van der Waals surface area contributed by atoms with E-state index in [2.05, 4.69) is 23.3 Å². The highest BCUT2D eigenvalue weighted by Crippen LogP contribution is 2.19. The number of para-hydroxylation sites is 1. The van der Waals surface area contributed by atoms with Crippen LogP contribution in [0, 0.1) is 5.92 Å². The molecule has 0 atom stereocenters. The molecule has 0 unspecified atom stereocenters. The smallest absolute Gasteiger partial charge is 0.223 e. The lowest BCUT2D eigenvalue weighted by molar-refractivity contribution is -0.126. The molecule has 1 amide bonds. The highest BCUT2D eigenvalue weighted by Gasteiger charge is 2.22. The van der Waals surface area contributed by atoms with Gasteiger partial charge in [-0.2, -0.15) is 0 Å². The van der Waals surface area contributed by atoms with Crippen molar-refractivity contribution in [2.24, 2.45) is 5.92 Å². The van der Waals surface area contributed by atoms with Gasteiger partial charge in [0.05, 0.1) is 7.11 Å². The molecule has 1 aliphatic rings. The number of amides is 1. The molecule has 1 aliphatic heterocycles. The number of piperidine rings is 1. The van der Waals surface area contributed by atoms with Gasteiger partial charge >= 0.3 is 0 Å². The van der Waals surface area contributed by atoms with Crippen molar-refractivity contribution in [2.75, 3.05) is 33.8 Å². The Bertz CT molecular complexity index is 454. The maximum absolute atomic E-state index is 12.1. The maximum Gasteiger partial charge on any atom is 0.223 e. The molecule has 1 heterocycles. The van der Waals surface area contributed by atoms with Crippen LogP contribution in [0.1, 0.15) is 24.8 Å². The highest BCUT2D eigenvalue weighted by molar-refractivity contribution is 5.78. The van der Waals surface area contributed by atoms with Crippen molar-refractivity contribution in [3.05, 3.63) is 29.8 Å². The number of rotatable bonds is 6. The molecule has 4 nitrogen and oxygen atoms in total. The molecule has 4 heteroatoms. The summed E-state index contributed by atoms with van der Waals surface area (Å²) in [5.74, 6) is 1.36. The van der Waals surface area contributed by atoms with Gasteiger partial charge in [0.15, 0.2) is 0 Å². The predicted octanol–water partition coefficient (Wildman–Crippen LogP) is 2.09. The maximum atomic E-state index is 12.1. The molecule has 2 rings (SSSR count). The van der Waals surface area contributed by atoms with Gasteiger partial charge in [0.25, 0.3) is 0 Å². The minimum Gasteiger partial charge on any atom is -0.496 e. The van der Waals surface area contributed by atoms with Gasteiger partial charge in [-0.25, -0.2) is 0 Å². The molecule has 1 N–H and O–H groups in total.